The lowest BCUT2D eigenvalue weighted by atomic mass is 10.1. The van der Waals surface area contributed by atoms with Crippen molar-refractivity contribution in [3.63, 3.8) is 0 Å². The van der Waals surface area contributed by atoms with Crippen molar-refractivity contribution in [1.82, 2.24) is 4.98 Å². The van der Waals surface area contributed by atoms with Crippen LogP contribution < -0.4 is 4.90 Å². The van der Waals surface area contributed by atoms with E-state index in [0.29, 0.717) is 13.0 Å². The van der Waals surface area contributed by atoms with Gasteiger partial charge in [0.1, 0.15) is 5.82 Å². The third-order valence-corrected chi connectivity index (χ3v) is 3.08. The van der Waals surface area contributed by atoms with Gasteiger partial charge in [-0.3, -0.25) is 4.79 Å². The van der Waals surface area contributed by atoms with Gasteiger partial charge in [0.2, 0.25) is 0 Å². The van der Waals surface area contributed by atoms with Crippen molar-refractivity contribution in [3.05, 3.63) is 48.2 Å². The lowest BCUT2D eigenvalue weighted by Crippen LogP contribution is -2.29. The number of rotatable bonds is 1. The molecule has 0 N–H and O–H groups in total. The molecule has 0 amide bonds. The number of ketones is 1. The number of Topliss-reactive ketones (excluding diaryl/α,β-unsaturated/α-hetero) is 1. The zero-order chi connectivity index (χ0) is 12.5. The summed E-state index contributed by atoms with van der Waals surface area (Å²) < 4.78 is 0. The molecule has 0 spiro atoms. The number of anilines is 1. The molecule has 0 saturated heterocycles. The Hall–Kier alpha value is -2.16. The summed E-state index contributed by atoms with van der Waals surface area (Å²) in [5, 5.41) is 1.12. The van der Waals surface area contributed by atoms with Crippen LogP contribution in [0.5, 0.6) is 0 Å². The number of aromatic nitrogens is 1. The minimum Gasteiger partial charge on any atom is -0.326 e. The number of para-hydroxylation sites is 1. The summed E-state index contributed by atoms with van der Waals surface area (Å²) in [7, 11) is 0. The highest BCUT2D eigenvalue weighted by Gasteiger charge is 2.17. The number of pyridine rings is 1. The number of carbonyl (C=O) groups excluding carboxylic acids is 1. The molecule has 0 fully saturated rings. The molecule has 3 heteroatoms. The first-order valence-electron chi connectivity index (χ1n) is 6.04. The van der Waals surface area contributed by atoms with Crippen molar-refractivity contribution in [2.75, 3.05) is 11.4 Å². The molecule has 0 unspecified atom stereocenters. The SMILES string of the molecule is CC1=CN(c2ccc3ccccc3n2)CC(=O)C1. The van der Waals surface area contributed by atoms with Crippen LogP contribution in [0.25, 0.3) is 10.9 Å². The van der Waals surface area contributed by atoms with Gasteiger partial charge >= 0.3 is 0 Å². The molecule has 2 aromatic rings. The van der Waals surface area contributed by atoms with E-state index in [1.54, 1.807) is 0 Å². The minimum absolute atomic E-state index is 0.241. The summed E-state index contributed by atoms with van der Waals surface area (Å²) in [6.07, 6.45) is 2.57. The predicted octanol–water partition coefficient (Wildman–Crippen LogP) is 2.92. The van der Waals surface area contributed by atoms with Crippen molar-refractivity contribution in [3.8, 4) is 0 Å². The van der Waals surface area contributed by atoms with E-state index >= 15 is 0 Å². The van der Waals surface area contributed by atoms with Crippen LogP contribution in [0.2, 0.25) is 0 Å². The molecule has 2 heterocycles. The molecule has 3 nitrogen and oxygen atoms in total. The van der Waals surface area contributed by atoms with E-state index in [-0.39, 0.29) is 5.78 Å². The van der Waals surface area contributed by atoms with Crippen LogP contribution in [0.3, 0.4) is 0 Å². The molecule has 1 aromatic heterocycles. The molecule has 1 aromatic carbocycles. The summed E-state index contributed by atoms with van der Waals surface area (Å²) in [6.45, 7) is 2.40. The molecule has 90 valence electrons. The van der Waals surface area contributed by atoms with Gasteiger partial charge in [0.15, 0.2) is 5.78 Å². The highest BCUT2D eigenvalue weighted by atomic mass is 16.1. The van der Waals surface area contributed by atoms with Crippen LogP contribution in [-0.4, -0.2) is 17.3 Å². The Morgan fingerprint density at radius 2 is 2.00 bits per heavy atom. The molecule has 0 radical (unpaired) electrons. The van der Waals surface area contributed by atoms with E-state index in [1.807, 2.05) is 54.4 Å². The van der Waals surface area contributed by atoms with Gasteiger partial charge in [-0.25, -0.2) is 4.98 Å². The van der Waals surface area contributed by atoms with E-state index in [0.717, 1.165) is 22.3 Å². The summed E-state index contributed by atoms with van der Waals surface area (Å²) in [5.41, 5.74) is 2.04. The van der Waals surface area contributed by atoms with E-state index in [1.165, 1.54) is 0 Å². The quantitative estimate of drug-likeness (QED) is 0.766. The average Bonchev–Trinajstić information content (AvgIpc) is 2.37. The van der Waals surface area contributed by atoms with E-state index in [4.69, 9.17) is 0 Å². The Morgan fingerprint density at radius 1 is 1.17 bits per heavy atom. The first-order valence-corrected chi connectivity index (χ1v) is 6.04. The topological polar surface area (TPSA) is 33.2 Å². The zero-order valence-corrected chi connectivity index (χ0v) is 10.3. The number of carbonyl (C=O) groups is 1. The molecular formula is C15H14N2O. The van der Waals surface area contributed by atoms with Gasteiger partial charge in [0.25, 0.3) is 0 Å². The Kier molecular flexibility index (Phi) is 2.59. The van der Waals surface area contributed by atoms with Crippen molar-refractivity contribution in [2.45, 2.75) is 13.3 Å². The average molecular weight is 238 g/mol. The molecule has 0 saturated carbocycles. The predicted molar refractivity (Wildman–Crippen MR) is 72.5 cm³/mol. The monoisotopic (exact) mass is 238 g/mol. The Morgan fingerprint density at radius 3 is 2.83 bits per heavy atom. The molecule has 1 aliphatic heterocycles. The van der Waals surface area contributed by atoms with Gasteiger partial charge in [-0.1, -0.05) is 18.2 Å². The van der Waals surface area contributed by atoms with Crippen molar-refractivity contribution >= 4 is 22.5 Å². The number of benzene rings is 1. The number of allylic oxidation sites excluding steroid dienone is 1. The standard InChI is InChI=1S/C15H14N2O/c1-11-8-13(18)10-17(9-11)15-7-6-12-4-2-3-5-14(12)16-15/h2-7,9H,8,10H2,1H3. The molecule has 0 atom stereocenters. The third kappa shape index (κ3) is 1.99. The van der Waals surface area contributed by atoms with Crippen molar-refractivity contribution in [2.24, 2.45) is 0 Å². The second kappa shape index (κ2) is 4.26. The lowest BCUT2D eigenvalue weighted by molar-refractivity contribution is -0.117. The van der Waals surface area contributed by atoms with Crippen LogP contribution in [0.1, 0.15) is 13.3 Å². The van der Waals surface area contributed by atoms with E-state index in [9.17, 15) is 4.79 Å². The summed E-state index contributed by atoms with van der Waals surface area (Å²) >= 11 is 0. The smallest absolute Gasteiger partial charge is 0.156 e. The van der Waals surface area contributed by atoms with Gasteiger partial charge in [-0.15, -0.1) is 0 Å². The normalized spacial score (nSPS) is 15.9. The fraction of sp³-hybridized carbons (Fsp3) is 0.200. The first-order chi connectivity index (χ1) is 8.72. The van der Waals surface area contributed by atoms with E-state index < -0.39 is 0 Å². The molecule has 0 aliphatic carbocycles. The second-order valence-corrected chi connectivity index (χ2v) is 4.68. The van der Waals surface area contributed by atoms with Crippen LogP contribution in [-0.2, 0) is 4.79 Å². The van der Waals surface area contributed by atoms with Crippen LogP contribution >= 0.6 is 0 Å². The van der Waals surface area contributed by atoms with Crippen molar-refractivity contribution < 1.29 is 4.79 Å². The van der Waals surface area contributed by atoms with Gasteiger partial charge < -0.3 is 4.90 Å². The van der Waals surface area contributed by atoms with Crippen LogP contribution in [0.15, 0.2) is 48.2 Å². The van der Waals surface area contributed by atoms with Gasteiger partial charge in [0.05, 0.1) is 12.1 Å². The number of hydrogen-bond donors (Lipinski definition) is 0. The van der Waals surface area contributed by atoms with Gasteiger partial charge in [-0.2, -0.15) is 0 Å². The van der Waals surface area contributed by atoms with Crippen molar-refractivity contribution in [1.29, 1.82) is 0 Å². The fourth-order valence-corrected chi connectivity index (χ4v) is 2.28. The zero-order valence-electron chi connectivity index (χ0n) is 10.3. The lowest BCUT2D eigenvalue weighted by Gasteiger charge is -2.24. The maximum absolute atomic E-state index is 11.6. The number of fused-ring (bicyclic) bond motifs is 1. The summed E-state index contributed by atoms with van der Waals surface area (Å²) in [5.74, 6) is 1.08. The highest BCUT2D eigenvalue weighted by molar-refractivity contribution is 5.88. The number of nitrogens with zero attached hydrogens (tertiary/aromatic N) is 2. The maximum atomic E-state index is 11.6. The first kappa shape index (κ1) is 11.0. The molecule has 0 bridgehead atoms. The molecule has 18 heavy (non-hydrogen) atoms. The summed E-state index contributed by atoms with van der Waals surface area (Å²) in [4.78, 5) is 18.1. The van der Waals surface area contributed by atoms with Crippen LogP contribution in [0, 0.1) is 0 Å². The Bertz CT molecular complexity index is 646. The largest absolute Gasteiger partial charge is 0.326 e. The number of hydrogen-bond acceptors (Lipinski definition) is 3. The second-order valence-electron chi connectivity index (χ2n) is 4.68. The van der Waals surface area contributed by atoms with Gasteiger partial charge in [0, 0.05) is 18.0 Å². The van der Waals surface area contributed by atoms with E-state index in [2.05, 4.69) is 4.98 Å². The Labute approximate surface area is 106 Å². The molecular weight excluding hydrogens is 224 g/mol. The molecule has 1 aliphatic rings. The van der Waals surface area contributed by atoms with Crippen LogP contribution in [0.4, 0.5) is 5.82 Å². The third-order valence-electron chi connectivity index (χ3n) is 3.08. The minimum atomic E-state index is 0.241. The maximum Gasteiger partial charge on any atom is 0.156 e. The highest BCUT2D eigenvalue weighted by Crippen LogP contribution is 2.21. The fourth-order valence-electron chi connectivity index (χ4n) is 2.28. The van der Waals surface area contributed by atoms with Gasteiger partial charge in [-0.05, 0) is 30.7 Å². The molecule has 3 rings (SSSR count). The summed E-state index contributed by atoms with van der Waals surface area (Å²) in [6, 6.07) is 12.0. The Balaban J connectivity index is 2.04.